The first-order valence-electron chi connectivity index (χ1n) is 13.8. The quantitative estimate of drug-likeness (QED) is 0.435. The van der Waals surface area contributed by atoms with Gasteiger partial charge in [0.15, 0.2) is 18.2 Å². The summed E-state index contributed by atoms with van der Waals surface area (Å²) >= 11 is 0. The van der Waals surface area contributed by atoms with Crippen LogP contribution in [0.3, 0.4) is 0 Å². The van der Waals surface area contributed by atoms with Crippen LogP contribution in [0.25, 0.3) is 0 Å². The van der Waals surface area contributed by atoms with E-state index >= 15 is 0 Å². The van der Waals surface area contributed by atoms with E-state index in [2.05, 4.69) is 26.1 Å². The van der Waals surface area contributed by atoms with Crippen molar-refractivity contribution in [3.05, 3.63) is 65.1 Å². The number of aromatic nitrogens is 1. The van der Waals surface area contributed by atoms with Crippen molar-refractivity contribution < 1.29 is 27.5 Å². The molecule has 0 radical (unpaired) electrons. The first-order chi connectivity index (χ1) is 18.8. The third kappa shape index (κ3) is 5.01. The van der Waals surface area contributed by atoms with E-state index in [0.29, 0.717) is 29.6 Å². The number of pyridine rings is 1. The first-order valence-corrected chi connectivity index (χ1v) is 15.3. The number of carbonyl (C=O) groups is 3. The van der Waals surface area contributed by atoms with Crippen LogP contribution in [0.4, 0.5) is 0 Å². The highest BCUT2D eigenvalue weighted by molar-refractivity contribution is 7.89. The Labute approximate surface area is 235 Å². The Morgan fingerprint density at radius 2 is 1.75 bits per heavy atom. The molecule has 1 N–H and O–H groups in total. The van der Waals surface area contributed by atoms with E-state index in [-0.39, 0.29) is 41.0 Å². The van der Waals surface area contributed by atoms with Gasteiger partial charge in [-0.15, -0.1) is 0 Å². The lowest BCUT2D eigenvalue weighted by Crippen LogP contribution is -2.62. The van der Waals surface area contributed by atoms with Gasteiger partial charge in [0.25, 0.3) is 5.91 Å². The Morgan fingerprint density at radius 3 is 2.38 bits per heavy atom. The summed E-state index contributed by atoms with van der Waals surface area (Å²) in [6.45, 7) is 6.13. The standard InChI is InChI=1S/C29H36N4O6S/c1-28(2,3)21-11-9-20(10-12-21)26(35)30-29(14-5-4-6-15-29)27(36)32-17-13-23-25(32)24(34)19-33(23)40(38,39)22-8-7-16-31(37)18-22/h7-12,16,18,23,25H,4-6,13-15,17,19H2,1-3H3,(H,30,35). The van der Waals surface area contributed by atoms with Crippen molar-refractivity contribution >= 4 is 27.6 Å². The number of hydrogen-bond donors (Lipinski definition) is 1. The minimum absolute atomic E-state index is 0.0618. The van der Waals surface area contributed by atoms with Crippen molar-refractivity contribution in [1.29, 1.82) is 0 Å². The number of hydrogen-bond acceptors (Lipinski definition) is 6. The molecule has 40 heavy (non-hydrogen) atoms. The molecule has 2 saturated heterocycles. The Morgan fingerprint density at radius 1 is 1.07 bits per heavy atom. The van der Waals surface area contributed by atoms with Crippen LogP contribution in [0.5, 0.6) is 0 Å². The van der Waals surface area contributed by atoms with Gasteiger partial charge in [0.2, 0.25) is 15.9 Å². The molecule has 2 atom stereocenters. The summed E-state index contributed by atoms with van der Waals surface area (Å²) < 4.78 is 28.2. The molecule has 10 nitrogen and oxygen atoms in total. The number of Topliss-reactive ketones (excluding diaryl/α,β-unsaturated/α-hetero) is 1. The number of benzene rings is 1. The third-order valence-corrected chi connectivity index (χ3v) is 10.3. The first kappa shape index (κ1) is 28.2. The molecular formula is C29H36N4O6S. The molecule has 3 heterocycles. The molecule has 2 unspecified atom stereocenters. The predicted octanol–water partition coefficient (Wildman–Crippen LogP) is 2.29. The molecule has 2 amide bonds. The van der Waals surface area contributed by atoms with Crippen LogP contribution in [0, 0.1) is 5.21 Å². The van der Waals surface area contributed by atoms with Gasteiger partial charge in [-0.25, -0.2) is 8.42 Å². The lowest BCUT2D eigenvalue weighted by atomic mass is 9.80. The molecule has 3 fully saturated rings. The molecule has 5 rings (SSSR count). The molecule has 2 aromatic rings. The molecular weight excluding hydrogens is 532 g/mol. The van der Waals surface area contributed by atoms with Crippen LogP contribution in [-0.4, -0.2) is 65.9 Å². The fourth-order valence-electron chi connectivity index (χ4n) is 6.28. The van der Waals surface area contributed by atoms with Crippen LogP contribution in [0.2, 0.25) is 0 Å². The Balaban J connectivity index is 1.39. The maximum atomic E-state index is 14.2. The molecule has 1 saturated carbocycles. The summed E-state index contributed by atoms with van der Waals surface area (Å²) in [5.74, 6) is -1.03. The van der Waals surface area contributed by atoms with Gasteiger partial charge >= 0.3 is 0 Å². The molecule has 0 spiro atoms. The zero-order valence-corrected chi connectivity index (χ0v) is 23.9. The Kier molecular flexibility index (Phi) is 7.24. The van der Waals surface area contributed by atoms with Crippen LogP contribution in [0.15, 0.2) is 53.7 Å². The van der Waals surface area contributed by atoms with E-state index in [1.807, 2.05) is 12.1 Å². The highest BCUT2D eigenvalue weighted by Gasteiger charge is 2.57. The summed E-state index contributed by atoms with van der Waals surface area (Å²) in [5.41, 5.74) is 0.328. The Bertz CT molecular complexity index is 1430. The maximum Gasteiger partial charge on any atom is 0.252 e. The molecule has 0 bridgehead atoms. The lowest BCUT2D eigenvalue weighted by Gasteiger charge is -2.40. The van der Waals surface area contributed by atoms with Gasteiger partial charge in [0.05, 0.1) is 12.6 Å². The van der Waals surface area contributed by atoms with Crippen LogP contribution >= 0.6 is 0 Å². The molecule has 2 aliphatic heterocycles. The average Bonchev–Trinajstić information content (AvgIpc) is 3.50. The fourth-order valence-corrected chi connectivity index (χ4v) is 7.91. The largest absolute Gasteiger partial charge is 0.619 e. The van der Waals surface area contributed by atoms with Gasteiger partial charge in [-0.3, -0.25) is 14.4 Å². The monoisotopic (exact) mass is 568 g/mol. The van der Waals surface area contributed by atoms with Gasteiger partial charge < -0.3 is 15.4 Å². The van der Waals surface area contributed by atoms with Crippen molar-refractivity contribution in [2.45, 2.75) is 87.2 Å². The smallest absolute Gasteiger partial charge is 0.252 e. The summed E-state index contributed by atoms with van der Waals surface area (Å²) in [6, 6.07) is 8.38. The highest BCUT2D eigenvalue weighted by Crippen LogP contribution is 2.38. The lowest BCUT2D eigenvalue weighted by molar-refractivity contribution is -0.607. The highest BCUT2D eigenvalue weighted by atomic mass is 32.2. The second-order valence-electron chi connectivity index (χ2n) is 12.1. The fraction of sp³-hybridized carbons (Fsp3) is 0.517. The van der Waals surface area contributed by atoms with Gasteiger partial charge in [0, 0.05) is 18.2 Å². The molecule has 214 valence electrons. The van der Waals surface area contributed by atoms with E-state index in [1.54, 1.807) is 12.1 Å². The van der Waals surface area contributed by atoms with Gasteiger partial charge in [0.1, 0.15) is 16.5 Å². The van der Waals surface area contributed by atoms with Crippen LogP contribution in [-0.2, 0) is 25.0 Å². The summed E-state index contributed by atoms with van der Waals surface area (Å²) in [7, 11) is -4.12. The van der Waals surface area contributed by atoms with Gasteiger partial charge in [-0.05, 0) is 48.4 Å². The van der Waals surface area contributed by atoms with Crippen LogP contribution in [0.1, 0.15) is 75.2 Å². The van der Waals surface area contributed by atoms with Crippen molar-refractivity contribution in [2.75, 3.05) is 13.1 Å². The predicted molar refractivity (Wildman–Crippen MR) is 147 cm³/mol. The van der Waals surface area contributed by atoms with Crippen molar-refractivity contribution in [3.63, 3.8) is 0 Å². The van der Waals surface area contributed by atoms with Gasteiger partial charge in [-0.1, -0.05) is 52.2 Å². The van der Waals surface area contributed by atoms with Crippen molar-refractivity contribution in [3.8, 4) is 0 Å². The van der Waals surface area contributed by atoms with Gasteiger partial charge in [-0.2, -0.15) is 9.04 Å². The van der Waals surface area contributed by atoms with E-state index in [0.717, 1.165) is 35.3 Å². The number of nitrogens with zero attached hydrogens (tertiary/aromatic N) is 3. The number of fused-ring (bicyclic) bond motifs is 1. The Hall–Kier alpha value is -3.31. The average molecular weight is 569 g/mol. The van der Waals surface area contributed by atoms with Crippen molar-refractivity contribution in [1.82, 2.24) is 14.5 Å². The number of ketones is 1. The normalized spacial score (nSPS) is 23.2. The number of amides is 2. The summed E-state index contributed by atoms with van der Waals surface area (Å²) in [4.78, 5) is 42.1. The molecule has 1 aliphatic carbocycles. The minimum atomic E-state index is -4.12. The number of carbonyl (C=O) groups excluding carboxylic acids is 3. The van der Waals surface area contributed by atoms with E-state index in [9.17, 15) is 28.0 Å². The zero-order valence-electron chi connectivity index (χ0n) is 23.1. The molecule has 11 heteroatoms. The summed E-state index contributed by atoms with van der Waals surface area (Å²) in [5, 5.41) is 14.8. The summed E-state index contributed by atoms with van der Waals surface area (Å²) in [6.07, 6.45) is 5.81. The van der Waals surface area contributed by atoms with E-state index in [1.165, 1.54) is 23.2 Å². The van der Waals surface area contributed by atoms with E-state index < -0.39 is 27.6 Å². The van der Waals surface area contributed by atoms with Crippen LogP contribution < -0.4 is 10.0 Å². The second-order valence-corrected chi connectivity index (χ2v) is 14.0. The topological polar surface area (TPSA) is 131 Å². The number of rotatable bonds is 5. The third-order valence-electron chi connectivity index (χ3n) is 8.48. The van der Waals surface area contributed by atoms with Crippen molar-refractivity contribution in [2.24, 2.45) is 0 Å². The SMILES string of the molecule is CC(C)(C)c1ccc(C(=O)NC2(C(=O)N3CCC4C3C(=O)CN4S(=O)(=O)c3ccc[n+]([O-])c3)CCCCC2)cc1. The molecule has 1 aromatic carbocycles. The molecule has 3 aliphatic rings. The molecule has 1 aromatic heterocycles. The van der Waals surface area contributed by atoms with E-state index in [4.69, 9.17) is 0 Å². The number of likely N-dealkylation sites (tertiary alicyclic amines) is 1. The minimum Gasteiger partial charge on any atom is -0.619 e. The number of sulfonamides is 1. The second kappa shape index (κ2) is 10.3. The number of nitrogens with one attached hydrogen (secondary N) is 1. The zero-order chi connectivity index (χ0) is 28.9. The maximum absolute atomic E-state index is 14.2.